The molecular formula is C10H13N3. The number of hydrazine groups is 1. The highest BCUT2D eigenvalue weighted by molar-refractivity contribution is 5.34. The van der Waals surface area contributed by atoms with Gasteiger partial charge in [0.15, 0.2) is 0 Å². The standard InChI is InChI=1S/C10H13N3/c11-13-8-7-12-9-5-3-1-2-4-6-10(9)13/h1-2,5-8,12H,3-4,11H2. The topological polar surface area (TPSA) is 41.3 Å². The molecule has 2 rings (SSSR count). The Morgan fingerprint density at radius 1 is 1.23 bits per heavy atom. The van der Waals surface area contributed by atoms with Gasteiger partial charge in [-0.2, -0.15) is 0 Å². The summed E-state index contributed by atoms with van der Waals surface area (Å²) in [5.41, 5.74) is 2.14. The van der Waals surface area contributed by atoms with Gasteiger partial charge in [-0.05, 0) is 12.8 Å². The van der Waals surface area contributed by atoms with E-state index in [0.717, 1.165) is 24.2 Å². The zero-order valence-electron chi connectivity index (χ0n) is 7.40. The summed E-state index contributed by atoms with van der Waals surface area (Å²) in [6.07, 6.45) is 14.1. The van der Waals surface area contributed by atoms with Crippen molar-refractivity contribution >= 4 is 0 Å². The maximum atomic E-state index is 5.78. The van der Waals surface area contributed by atoms with Crippen LogP contribution in [0.4, 0.5) is 0 Å². The summed E-state index contributed by atoms with van der Waals surface area (Å²) in [5, 5.41) is 4.82. The molecule has 0 aromatic carbocycles. The Kier molecular flexibility index (Phi) is 2.19. The van der Waals surface area contributed by atoms with Gasteiger partial charge in [-0.25, -0.2) is 5.84 Å². The van der Waals surface area contributed by atoms with Gasteiger partial charge < -0.3 is 5.32 Å². The van der Waals surface area contributed by atoms with Gasteiger partial charge in [0.1, 0.15) is 0 Å². The molecule has 0 unspecified atom stereocenters. The van der Waals surface area contributed by atoms with E-state index in [4.69, 9.17) is 5.84 Å². The fourth-order valence-electron chi connectivity index (χ4n) is 1.44. The highest BCUT2D eigenvalue weighted by Gasteiger charge is 2.11. The average Bonchev–Trinajstić information content (AvgIpc) is 2.07. The fourth-order valence-corrected chi connectivity index (χ4v) is 1.44. The van der Waals surface area contributed by atoms with Crippen molar-refractivity contribution in [3.63, 3.8) is 0 Å². The van der Waals surface area contributed by atoms with Crippen LogP contribution >= 0.6 is 0 Å². The van der Waals surface area contributed by atoms with E-state index in [1.165, 1.54) is 0 Å². The smallest absolute Gasteiger partial charge is 0.0763 e. The summed E-state index contributed by atoms with van der Waals surface area (Å²) in [6.45, 7) is 0. The second kappa shape index (κ2) is 3.49. The van der Waals surface area contributed by atoms with Gasteiger partial charge in [0.25, 0.3) is 0 Å². The second-order valence-electron chi connectivity index (χ2n) is 3.02. The van der Waals surface area contributed by atoms with Crippen molar-refractivity contribution < 1.29 is 0 Å². The average molecular weight is 175 g/mol. The summed E-state index contributed by atoms with van der Waals surface area (Å²) in [4.78, 5) is 0. The molecule has 0 aromatic rings. The fraction of sp³-hybridized carbons (Fsp3) is 0.200. The summed E-state index contributed by atoms with van der Waals surface area (Å²) < 4.78 is 0. The van der Waals surface area contributed by atoms with E-state index in [2.05, 4.69) is 29.6 Å². The summed E-state index contributed by atoms with van der Waals surface area (Å²) in [6, 6.07) is 0. The van der Waals surface area contributed by atoms with Crippen LogP contribution < -0.4 is 11.2 Å². The molecule has 3 N–H and O–H groups in total. The lowest BCUT2D eigenvalue weighted by Crippen LogP contribution is -2.32. The molecule has 0 bridgehead atoms. The first-order chi connectivity index (χ1) is 6.38. The Hall–Kier alpha value is -1.48. The minimum absolute atomic E-state index is 0.940. The van der Waals surface area contributed by atoms with Crippen molar-refractivity contribution in [1.29, 1.82) is 0 Å². The summed E-state index contributed by atoms with van der Waals surface area (Å²) in [5.74, 6) is 5.78. The zero-order chi connectivity index (χ0) is 9.10. The van der Waals surface area contributed by atoms with Crippen LogP contribution in [0, 0.1) is 0 Å². The van der Waals surface area contributed by atoms with Crippen molar-refractivity contribution in [3.8, 4) is 0 Å². The molecule has 0 saturated heterocycles. The second-order valence-corrected chi connectivity index (χ2v) is 3.02. The van der Waals surface area contributed by atoms with Crippen LogP contribution in [0.3, 0.4) is 0 Å². The van der Waals surface area contributed by atoms with Crippen LogP contribution in [0.15, 0.2) is 48.1 Å². The lowest BCUT2D eigenvalue weighted by molar-refractivity contribution is 0.476. The van der Waals surface area contributed by atoms with Gasteiger partial charge in [0.05, 0.1) is 11.4 Å². The van der Waals surface area contributed by atoms with E-state index < -0.39 is 0 Å². The van der Waals surface area contributed by atoms with Crippen LogP contribution in [0.2, 0.25) is 0 Å². The number of nitrogens with one attached hydrogen (secondary N) is 1. The van der Waals surface area contributed by atoms with E-state index in [1.54, 1.807) is 5.01 Å². The normalized spacial score (nSPS) is 20.8. The van der Waals surface area contributed by atoms with Crippen molar-refractivity contribution in [1.82, 2.24) is 10.3 Å². The quantitative estimate of drug-likeness (QED) is 0.431. The lowest BCUT2D eigenvalue weighted by atomic mass is 10.1. The first-order valence-electron chi connectivity index (χ1n) is 4.41. The maximum Gasteiger partial charge on any atom is 0.0763 e. The van der Waals surface area contributed by atoms with Crippen LogP contribution in [-0.4, -0.2) is 5.01 Å². The Morgan fingerprint density at radius 3 is 2.85 bits per heavy atom. The van der Waals surface area contributed by atoms with Crippen molar-refractivity contribution in [2.75, 3.05) is 0 Å². The molecule has 0 saturated carbocycles. The van der Waals surface area contributed by atoms with Crippen LogP contribution in [0.25, 0.3) is 0 Å². The van der Waals surface area contributed by atoms with Crippen LogP contribution in [-0.2, 0) is 0 Å². The number of hydrogen-bond acceptors (Lipinski definition) is 3. The minimum atomic E-state index is 0.940. The predicted octanol–water partition coefficient (Wildman–Crippen LogP) is 1.35. The third-order valence-corrected chi connectivity index (χ3v) is 2.10. The molecule has 0 amide bonds. The third kappa shape index (κ3) is 1.65. The van der Waals surface area contributed by atoms with Gasteiger partial charge in [-0.15, -0.1) is 0 Å². The SMILES string of the molecule is NN1C=CNC2=CCC=CCC=C21. The van der Waals surface area contributed by atoms with Gasteiger partial charge in [-0.1, -0.05) is 24.3 Å². The highest BCUT2D eigenvalue weighted by atomic mass is 15.4. The molecule has 0 spiro atoms. The molecule has 1 aliphatic carbocycles. The Labute approximate surface area is 77.9 Å². The predicted molar refractivity (Wildman–Crippen MR) is 52.8 cm³/mol. The number of allylic oxidation sites excluding steroid dienone is 4. The number of hydrogen-bond donors (Lipinski definition) is 2. The van der Waals surface area contributed by atoms with Gasteiger partial charge in [-0.3, -0.25) is 5.01 Å². The van der Waals surface area contributed by atoms with Crippen molar-refractivity contribution in [2.45, 2.75) is 12.8 Å². The molecule has 2 aliphatic rings. The highest BCUT2D eigenvalue weighted by Crippen LogP contribution is 2.17. The monoisotopic (exact) mass is 175 g/mol. The van der Waals surface area contributed by atoms with Gasteiger partial charge >= 0.3 is 0 Å². The Bertz CT molecular complexity index is 310. The molecular weight excluding hydrogens is 162 g/mol. The first-order valence-corrected chi connectivity index (χ1v) is 4.41. The zero-order valence-corrected chi connectivity index (χ0v) is 7.40. The first kappa shape index (κ1) is 8.13. The van der Waals surface area contributed by atoms with E-state index >= 15 is 0 Å². The molecule has 3 heteroatoms. The minimum Gasteiger partial charge on any atom is -0.359 e. The molecule has 0 atom stereocenters. The van der Waals surface area contributed by atoms with Gasteiger partial charge in [0.2, 0.25) is 0 Å². The molecule has 1 aliphatic heterocycles. The summed E-state index contributed by atoms with van der Waals surface area (Å²) in [7, 11) is 0. The largest absolute Gasteiger partial charge is 0.359 e. The molecule has 0 aromatic heterocycles. The van der Waals surface area contributed by atoms with Crippen molar-refractivity contribution in [2.24, 2.45) is 5.84 Å². The molecule has 68 valence electrons. The molecule has 0 radical (unpaired) electrons. The van der Waals surface area contributed by atoms with E-state index in [1.807, 2.05) is 12.4 Å². The van der Waals surface area contributed by atoms with Crippen LogP contribution in [0.1, 0.15) is 12.8 Å². The van der Waals surface area contributed by atoms with E-state index in [-0.39, 0.29) is 0 Å². The molecule has 3 nitrogen and oxygen atoms in total. The Morgan fingerprint density at radius 2 is 2.00 bits per heavy atom. The maximum absolute atomic E-state index is 5.78. The summed E-state index contributed by atoms with van der Waals surface area (Å²) >= 11 is 0. The molecule has 1 heterocycles. The number of nitrogens with two attached hydrogens (primary N) is 1. The van der Waals surface area contributed by atoms with E-state index in [9.17, 15) is 0 Å². The Balaban J connectivity index is 2.34. The number of rotatable bonds is 0. The lowest BCUT2D eigenvalue weighted by Gasteiger charge is -2.25. The third-order valence-electron chi connectivity index (χ3n) is 2.10. The van der Waals surface area contributed by atoms with Crippen LogP contribution in [0.5, 0.6) is 0 Å². The molecule has 0 fully saturated rings. The number of fused-ring (bicyclic) bond motifs is 1. The van der Waals surface area contributed by atoms with E-state index in [0.29, 0.717) is 0 Å². The number of nitrogens with zero attached hydrogens (tertiary/aromatic N) is 1. The van der Waals surface area contributed by atoms with Crippen molar-refractivity contribution in [3.05, 3.63) is 48.1 Å². The molecule has 13 heavy (non-hydrogen) atoms. The van der Waals surface area contributed by atoms with Gasteiger partial charge in [0, 0.05) is 12.4 Å².